The second-order valence-corrected chi connectivity index (χ2v) is 6.98. The molecule has 0 radical (unpaired) electrons. The Morgan fingerprint density at radius 3 is 2.74 bits per heavy atom. The van der Waals surface area contributed by atoms with Gasteiger partial charge < -0.3 is 9.88 Å². The van der Waals surface area contributed by atoms with Crippen molar-refractivity contribution in [1.29, 1.82) is 0 Å². The molecule has 1 unspecified atom stereocenters. The lowest BCUT2D eigenvalue weighted by atomic mass is 10.3. The van der Waals surface area contributed by atoms with Crippen molar-refractivity contribution in [2.45, 2.75) is 50.7 Å². The summed E-state index contributed by atoms with van der Waals surface area (Å²) in [5, 5.41) is 3.07. The number of sulfonamides is 1. The van der Waals surface area contributed by atoms with Crippen LogP contribution in [0.15, 0.2) is 17.2 Å². The van der Waals surface area contributed by atoms with Gasteiger partial charge in [0, 0.05) is 37.6 Å². The zero-order chi connectivity index (χ0) is 14.0. The van der Waals surface area contributed by atoms with E-state index in [1.165, 1.54) is 0 Å². The van der Waals surface area contributed by atoms with Gasteiger partial charge in [-0.3, -0.25) is 0 Å². The molecule has 1 atom stereocenters. The first-order valence-corrected chi connectivity index (χ1v) is 8.30. The van der Waals surface area contributed by atoms with Crippen LogP contribution in [0.2, 0.25) is 0 Å². The van der Waals surface area contributed by atoms with E-state index in [0.29, 0.717) is 18.0 Å². The smallest absolute Gasteiger partial charge is 0.244 e. The molecule has 0 amide bonds. The van der Waals surface area contributed by atoms with Crippen LogP contribution < -0.4 is 5.32 Å². The average molecular weight is 285 g/mol. The van der Waals surface area contributed by atoms with Gasteiger partial charge in [0.1, 0.15) is 4.90 Å². The molecule has 2 rings (SSSR count). The minimum atomic E-state index is -3.33. The maximum Gasteiger partial charge on any atom is 0.244 e. The third-order valence-electron chi connectivity index (χ3n) is 3.76. The Labute approximate surface area is 115 Å². The molecule has 1 aromatic rings. The number of nitrogens with one attached hydrogen (secondary N) is 1. The maximum atomic E-state index is 12.6. The SMILES string of the molecule is CCn1cc(S(=O)(=O)N2CCCC2C)cc1CNC. The van der Waals surface area contributed by atoms with Crippen molar-refractivity contribution in [2.24, 2.45) is 0 Å². The van der Waals surface area contributed by atoms with Crippen molar-refractivity contribution in [3.8, 4) is 0 Å². The van der Waals surface area contributed by atoms with Gasteiger partial charge in [0.25, 0.3) is 0 Å². The molecule has 2 heterocycles. The van der Waals surface area contributed by atoms with Crippen molar-refractivity contribution in [1.82, 2.24) is 14.2 Å². The fourth-order valence-electron chi connectivity index (χ4n) is 2.69. The Kier molecular flexibility index (Phi) is 4.32. The first-order chi connectivity index (χ1) is 9.00. The highest BCUT2D eigenvalue weighted by Gasteiger charge is 2.33. The van der Waals surface area contributed by atoms with Gasteiger partial charge in [0.2, 0.25) is 10.0 Å². The third kappa shape index (κ3) is 2.70. The molecular formula is C13H23N3O2S. The summed E-state index contributed by atoms with van der Waals surface area (Å²) >= 11 is 0. The molecule has 1 saturated heterocycles. The molecule has 1 fully saturated rings. The van der Waals surface area contributed by atoms with Gasteiger partial charge in [-0.05, 0) is 39.8 Å². The maximum absolute atomic E-state index is 12.6. The molecule has 0 aliphatic carbocycles. The van der Waals surface area contributed by atoms with Crippen LogP contribution in [-0.4, -0.2) is 36.9 Å². The standard InChI is InChI=1S/C13H23N3O2S/c1-4-15-10-13(8-12(15)9-14-3)19(17,18)16-7-5-6-11(16)2/h8,10-11,14H,4-7,9H2,1-3H3. The first kappa shape index (κ1) is 14.6. The van der Waals surface area contributed by atoms with Gasteiger partial charge >= 0.3 is 0 Å². The quantitative estimate of drug-likeness (QED) is 0.890. The number of hydrogen-bond donors (Lipinski definition) is 1. The van der Waals surface area contributed by atoms with E-state index in [2.05, 4.69) is 5.32 Å². The molecule has 6 heteroatoms. The molecule has 0 bridgehead atoms. The number of aryl methyl sites for hydroxylation is 1. The van der Waals surface area contributed by atoms with Crippen molar-refractivity contribution in [3.05, 3.63) is 18.0 Å². The Morgan fingerprint density at radius 1 is 1.47 bits per heavy atom. The Hall–Kier alpha value is -0.850. The fraction of sp³-hybridized carbons (Fsp3) is 0.692. The summed E-state index contributed by atoms with van der Waals surface area (Å²) in [5.74, 6) is 0. The predicted molar refractivity (Wildman–Crippen MR) is 75.5 cm³/mol. The van der Waals surface area contributed by atoms with Gasteiger partial charge in [-0.2, -0.15) is 4.31 Å². The normalized spacial score (nSPS) is 21.1. The fourth-order valence-corrected chi connectivity index (χ4v) is 4.45. The Balaban J connectivity index is 2.35. The monoisotopic (exact) mass is 285 g/mol. The molecule has 1 aliphatic rings. The van der Waals surface area contributed by atoms with E-state index in [0.717, 1.165) is 25.1 Å². The van der Waals surface area contributed by atoms with Crippen LogP contribution in [0.4, 0.5) is 0 Å². The molecular weight excluding hydrogens is 262 g/mol. The molecule has 1 aliphatic heterocycles. The molecule has 1 aromatic heterocycles. The Bertz CT molecular complexity index is 536. The number of rotatable bonds is 5. The zero-order valence-corrected chi connectivity index (χ0v) is 12.7. The van der Waals surface area contributed by atoms with Crippen molar-refractivity contribution >= 4 is 10.0 Å². The highest BCUT2D eigenvalue weighted by Crippen LogP contribution is 2.26. The van der Waals surface area contributed by atoms with Crippen LogP contribution in [0.5, 0.6) is 0 Å². The third-order valence-corrected chi connectivity index (χ3v) is 5.74. The molecule has 0 saturated carbocycles. The van der Waals surface area contributed by atoms with Gasteiger partial charge in [-0.1, -0.05) is 0 Å². The van der Waals surface area contributed by atoms with Crippen molar-refractivity contribution < 1.29 is 8.42 Å². The van der Waals surface area contributed by atoms with Crippen LogP contribution >= 0.6 is 0 Å². The van der Waals surface area contributed by atoms with Gasteiger partial charge in [0.05, 0.1) is 0 Å². The highest BCUT2D eigenvalue weighted by molar-refractivity contribution is 7.89. The van der Waals surface area contributed by atoms with Crippen LogP contribution in [0, 0.1) is 0 Å². The van der Waals surface area contributed by atoms with E-state index >= 15 is 0 Å². The van der Waals surface area contributed by atoms with Gasteiger partial charge in [-0.15, -0.1) is 0 Å². The molecule has 5 nitrogen and oxygen atoms in total. The number of aromatic nitrogens is 1. The largest absolute Gasteiger partial charge is 0.349 e. The second-order valence-electron chi connectivity index (χ2n) is 5.09. The lowest BCUT2D eigenvalue weighted by Crippen LogP contribution is -2.33. The van der Waals surface area contributed by atoms with E-state index in [4.69, 9.17) is 0 Å². The summed E-state index contributed by atoms with van der Waals surface area (Å²) in [6.07, 6.45) is 3.67. The Morgan fingerprint density at radius 2 is 2.21 bits per heavy atom. The van der Waals surface area contributed by atoms with Crippen LogP contribution in [0.3, 0.4) is 0 Å². The van der Waals surface area contributed by atoms with Crippen LogP contribution in [0.25, 0.3) is 0 Å². The van der Waals surface area contributed by atoms with Gasteiger partial charge in [0.15, 0.2) is 0 Å². The summed E-state index contributed by atoms with van der Waals surface area (Å²) in [7, 11) is -1.47. The second kappa shape index (κ2) is 5.64. The molecule has 0 aromatic carbocycles. The van der Waals surface area contributed by atoms with Gasteiger partial charge in [-0.25, -0.2) is 8.42 Å². The van der Waals surface area contributed by atoms with E-state index < -0.39 is 10.0 Å². The summed E-state index contributed by atoms with van der Waals surface area (Å²) in [4.78, 5) is 0.424. The van der Waals surface area contributed by atoms with Crippen molar-refractivity contribution in [2.75, 3.05) is 13.6 Å². The van der Waals surface area contributed by atoms with Crippen LogP contribution in [0.1, 0.15) is 32.4 Å². The zero-order valence-electron chi connectivity index (χ0n) is 11.9. The first-order valence-electron chi connectivity index (χ1n) is 6.86. The minimum Gasteiger partial charge on any atom is -0.349 e. The van der Waals surface area contributed by atoms with E-state index in [9.17, 15) is 8.42 Å². The lowest BCUT2D eigenvalue weighted by Gasteiger charge is -2.19. The summed E-state index contributed by atoms with van der Waals surface area (Å²) in [6.45, 7) is 6.10. The molecule has 1 N–H and O–H groups in total. The number of hydrogen-bond acceptors (Lipinski definition) is 3. The summed E-state index contributed by atoms with van der Waals surface area (Å²) in [5.41, 5.74) is 1.01. The van der Waals surface area contributed by atoms with E-state index in [1.54, 1.807) is 16.6 Å². The van der Waals surface area contributed by atoms with Crippen molar-refractivity contribution in [3.63, 3.8) is 0 Å². The highest BCUT2D eigenvalue weighted by atomic mass is 32.2. The lowest BCUT2D eigenvalue weighted by molar-refractivity contribution is 0.408. The topological polar surface area (TPSA) is 54.3 Å². The van der Waals surface area contributed by atoms with E-state index in [1.807, 2.05) is 25.5 Å². The van der Waals surface area contributed by atoms with Crippen LogP contribution in [-0.2, 0) is 23.1 Å². The number of nitrogens with zero attached hydrogens (tertiary/aromatic N) is 2. The molecule has 108 valence electrons. The average Bonchev–Trinajstić information content (AvgIpc) is 2.96. The summed E-state index contributed by atoms with van der Waals surface area (Å²) in [6, 6.07) is 1.91. The minimum absolute atomic E-state index is 0.114. The predicted octanol–water partition coefficient (Wildman–Crippen LogP) is 1.40. The summed E-state index contributed by atoms with van der Waals surface area (Å²) < 4.78 is 28.9. The van der Waals surface area contributed by atoms with E-state index in [-0.39, 0.29) is 6.04 Å². The molecule has 0 spiro atoms. The molecule has 19 heavy (non-hydrogen) atoms.